The van der Waals surface area contributed by atoms with Gasteiger partial charge in [0.05, 0.1) is 17.2 Å². The minimum Gasteiger partial charge on any atom is -0.359 e. The zero-order valence-electron chi connectivity index (χ0n) is 11.3. The molecule has 1 aromatic carbocycles. The molecule has 0 spiro atoms. The molecule has 1 rings (SSSR count). The molecule has 0 saturated carbocycles. The Labute approximate surface area is 116 Å². The second-order valence-electron chi connectivity index (χ2n) is 4.21. The number of nitrogens with one attached hydrogen (secondary N) is 1. The maximum atomic E-state index is 12.7. The lowest BCUT2D eigenvalue weighted by Crippen LogP contribution is -2.11. The van der Waals surface area contributed by atoms with Crippen LogP contribution in [-0.2, 0) is 0 Å². The lowest BCUT2D eigenvalue weighted by atomic mass is 10.1. The van der Waals surface area contributed by atoms with Crippen LogP contribution in [0, 0.1) is 11.3 Å². The van der Waals surface area contributed by atoms with Crippen LogP contribution >= 0.6 is 0 Å². The summed E-state index contributed by atoms with van der Waals surface area (Å²) in [6.45, 7) is 3.20. The van der Waals surface area contributed by atoms with Gasteiger partial charge in [-0.25, -0.2) is 0 Å². The quantitative estimate of drug-likeness (QED) is 0.806. The summed E-state index contributed by atoms with van der Waals surface area (Å²) >= 11 is 0. The first-order valence-electron chi connectivity index (χ1n) is 6.09. The molecule has 0 fully saturated rings. The van der Waals surface area contributed by atoms with E-state index < -0.39 is 11.7 Å². The minimum atomic E-state index is -4.37. The second kappa shape index (κ2) is 6.80. The summed E-state index contributed by atoms with van der Waals surface area (Å²) in [4.78, 5) is 0. The highest BCUT2D eigenvalue weighted by Gasteiger charge is 2.31. The molecular formula is C15H15F3N2. The fourth-order valence-electron chi connectivity index (χ4n) is 1.64. The van der Waals surface area contributed by atoms with Crippen LogP contribution in [-0.4, -0.2) is 6.18 Å². The van der Waals surface area contributed by atoms with E-state index in [2.05, 4.69) is 5.32 Å². The Morgan fingerprint density at radius 2 is 2.10 bits per heavy atom. The van der Waals surface area contributed by atoms with Crippen LogP contribution in [0.5, 0.6) is 0 Å². The highest BCUT2D eigenvalue weighted by molar-refractivity contribution is 5.53. The number of benzene rings is 1. The van der Waals surface area contributed by atoms with Crippen LogP contribution in [0.2, 0.25) is 0 Å². The van der Waals surface area contributed by atoms with E-state index in [1.54, 1.807) is 38.1 Å². The Hall–Kier alpha value is -2.22. The topological polar surface area (TPSA) is 35.8 Å². The molecule has 0 atom stereocenters. The number of allylic oxidation sites excluding steroid dienone is 4. The molecule has 0 saturated heterocycles. The molecule has 0 unspecified atom stereocenters. The molecule has 20 heavy (non-hydrogen) atoms. The summed E-state index contributed by atoms with van der Waals surface area (Å²) < 4.78 is 38.2. The Morgan fingerprint density at radius 3 is 2.65 bits per heavy atom. The molecule has 106 valence electrons. The first kappa shape index (κ1) is 15.8. The fourth-order valence-corrected chi connectivity index (χ4v) is 1.64. The minimum absolute atomic E-state index is 0.308. The van der Waals surface area contributed by atoms with Crippen molar-refractivity contribution in [1.29, 1.82) is 5.26 Å². The third kappa shape index (κ3) is 4.81. The van der Waals surface area contributed by atoms with E-state index in [1.807, 2.05) is 6.07 Å². The predicted octanol–water partition coefficient (Wildman–Crippen LogP) is 4.77. The van der Waals surface area contributed by atoms with E-state index in [0.717, 1.165) is 12.2 Å². The highest BCUT2D eigenvalue weighted by Crippen LogP contribution is 2.28. The highest BCUT2D eigenvalue weighted by atomic mass is 19.4. The van der Waals surface area contributed by atoms with Crippen molar-refractivity contribution >= 4 is 5.69 Å². The van der Waals surface area contributed by atoms with Gasteiger partial charge in [0.15, 0.2) is 0 Å². The Morgan fingerprint density at radius 1 is 1.40 bits per heavy atom. The zero-order chi connectivity index (χ0) is 15.2. The molecule has 0 aliphatic carbocycles. The smallest absolute Gasteiger partial charge is 0.359 e. The van der Waals surface area contributed by atoms with E-state index in [9.17, 15) is 13.2 Å². The monoisotopic (exact) mass is 280 g/mol. The van der Waals surface area contributed by atoms with Crippen molar-refractivity contribution in [3.05, 3.63) is 53.3 Å². The molecule has 0 amide bonds. The summed E-state index contributed by atoms with van der Waals surface area (Å²) in [7, 11) is 0. The Kier molecular flexibility index (Phi) is 5.39. The van der Waals surface area contributed by atoms with Crippen molar-refractivity contribution in [1.82, 2.24) is 0 Å². The molecule has 0 bridgehead atoms. The van der Waals surface area contributed by atoms with Crippen LogP contribution in [0.1, 0.15) is 25.8 Å². The van der Waals surface area contributed by atoms with Crippen LogP contribution in [0.15, 0.2) is 47.7 Å². The van der Waals surface area contributed by atoms with Gasteiger partial charge in [0.2, 0.25) is 0 Å². The molecule has 1 aromatic rings. The maximum absolute atomic E-state index is 12.7. The molecule has 2 nitrogen and oxygen atoms in total. The molecule has 0 aromatic heterocycles. The van der Waals surface area contributed by atoms with Gasteiger partial charge in [-0.05, 0) is 37.6 Å². The van der Waals surface area contributed by atoms with Crippen molar-refractivity contribution < 1.29 is 13.2 Å². The maximum Gasteiger partial charge on any atom is 0.416 e. The number of nitrogens with zero attached hydrogens (tertiary/aromatic N) is 1. The first-order valence-corrected chi connectivity index (χ1v) is 6.09. The van der Waals surface area contributed by atoms with Crippen LogP contribution < -0.4 is 5.32 Å². The van der Waals surface area contributed by atoms with E-state index >= 15 is 0 Å². The molecule has 0 aliphatic heterocycles. The summed E-state index contributed by atoms with van der Waals surface area (Å²) in [5.74, 6) is 0. The SMILES string of the molecule is CC/C=C(/C=C(/C)Nc1cccc(C#N)c1)C(F)(F)F. The summed E-state index contributed by atoms with van der Waals surface area (Å²) in [5.41, 5.74) is 0.706. The van der Waals surface area contributed by atoms with Crippen LogP contribution in [0.25, 0.3) is 0 Å². The first-order chi connectivity index (χ1) is 9.36. The number of rotatable bonds is 4. The van der Waals surface area contributed by atoms with Gasteiger partial charge in [0.1, 0.15) is 0 Å². The van der Waals surface area contributed by atoms with Gasteiger partial charge in [-0.3, -0.25) is 0 Å². The third-order valence-corrected chi connectivity index (χ3v) is 2.46. The molecule has 0 radical (unpaired) electrons. The summed E-state index contributed by atoms with van der Waals surface area (Å²) in [6.07, 6.45) is -1.87. The molecular weight excluding hydrogens is 265 g/mol. The van der Waals surface area contributed by atoms with E-state index in [0.29, 0.717) is 23.4 Å². The number of hydrogen-bond acceptors (Lipinski definition) is 2. The predicted molar refractivity (Wildman–Crippen MR) is 73.0 cm³/mol. The van der Waals surface area contributed by atoms with Crippen molar-refractivity contribution in [2.45, 2.75) is 26.4 Å². The van der Waals surface area contributed by atoms with E-state index in [4.69, 9.17) is 5.26 Å². The van der Waals surface area contributed by atoms with Crippen molar-refractivity contribution in [2.75, 3.05) is 5.32 Å². The zero-order valence-corrected chi connectivity index (χ0v) is 11.3. The van der Waals surface area contributed by atoms with Gasteiger partial charge in [-0.2, -0.15) is 18.4 Å². The van der Waals surface area contributed by atoms with E-state index in [1.165, 1.54) is 0 Å². The number of hydrogen-bond donors (Lipinski definition) is 1. The number of nitriles is 1. The lowest BCUT2D eigenvalue weighted by molar-refractivity contribution is -0.0884. The lowest BCUT2D eigenvalue weighted by Gasteiger charge is -2.11. The normalized spacial score (nSPS) is 13.0. The van der Waals surface area contributed by atoms with Crippen molar-refractivity contribution in [3.63, 3.8) is 0 Å². The van der Waals surface area contributed by atoms with Gasteiger partial charge >= 0.3 is 6.18 Å². The number of anilines is 1. The Bertz CT molecular complexity index is 563. The number of alkyl halides is 3. The van der Waals surface area contributed by atoms with Crippen molar-refractivity contribution in [3.8, 4) is 6.07 Å². The molecule has 0 aliphatic rings. The van der Waals surface area contributed by atoms with Gasteiger partial charge < -0.3 is 5.32 Å². The number of halogens is 3. The van der Waals surface area contributed by atoms with Crippen LogP contribution in [0.3, 0.4) is 0 Å². The molecule has 0 heterocycles. The summed E-state index contributed by atoms with van der Waals surface area (Å²) in [5, 5.41) is 11.6. The molecule has 1 N–H and O–H groups in total. The molecule has 5 heteroatoms. The second-order valence-corrected chi connectivity index (χ2v) is 4.21. The Balaban J connectivity index is 2.94. The largest absolute Gasteiger partial charge is 0.416 e. The van der Waals surface area contributed by atoms with Gasteiger partial charge in [0.25, 0.3) is 0 Å². The third-order valence-electron chi connectivity index (χ3n) is 2.46. The average molecular weight is 280 g/mol. The summed E-state index contributed by atoms with van der Waals surface area (Å²) in [6, 6.07) is 8.54. The van der Waals surface area contributed by atoms with Crippen LogP contribution in [0.4, 0.5) is 18.9 Å². The van der Waals surface area contributed by atoms with Crippen molar-refractivity contribution in [2.24, 2.45) is 0 Å². The van der Waals surface area contributed by atoms with Gasteiger partial charge in [-0.15, -0.1) is 0 Å². The standard InChI is InChI=1S/C15H15F3N2/c1-3-5-13(15(16,17)18)8-11(2)20-14-7-4-6-12(9-14)10-19/h4-9,20H,3H2,1-2H3/b11-8-,13-5-. The average Bonchev–Trinajstić information content (AvgIpc) is 2.37. The van der Waals surface area contributed by atoms with Gasteiger partial charge in [-0.1, -0.05) is 19.1 Å². The fraction of sp³-hybridized carbons (Fsp3) is 0.267. The van der Waals surface area contributed by atoms with E-state index in [-0.39, 0.29) is 0 Å². The van der Waals surface area contributed by atoms with Gasteiger partial charge in [0, 0.05) is 11.4 Å².